The van der Waals surface area contributed by atoms with E-state index in [1.165, 1.54) is 5.57 Å². The van der Waals surface area contributed by atoms with Crippen LogP contribution in [-0.2, 0) is 4.74 Å². The Bertz CT molecular complexity index is 230. The summed E-state index contributed by atoms with van der Waals surface area (Å²) in [6.07, 6.45) is 5.68. The van der Waals surface area contributed by atoms with Crippen LogP contribution in [0.5, 0.6) is 0 Å². The lowest BCUT2D eigenvalue weighted by atomic mass is 9.90. The van der Waals surface area contributed by atoms with Crippen LogP contribution in [0.15, 0.2) is 23.8 Å². The number of hydrogen-bond acceptors (Lipinski definition) is 2. The zero-order valence-electron chi connectivity index (χ0n) is 9.12. The SMILES string of the molecule is C=C(CC(C)OC)C1=CCC(O)CC1. The number of ether oxygens (including phenoxy) is 1. The van der Waals surface area contributed by atoms with Crippen LogP contribution in [0.2, 0.25) is 0 Å². The first-order valence-corrected chi connectivity index (χ1v) is 5.21. The maximum absolute atomic E-state index is 9.34. The fourth-order valence-electron chi connectivity index (χ4n) is 1.70. The standard InChI is InChI=1S/C12H20O2/c1-9(8-10(2)14-3)11-4-6-12(13)7-5-11/h4,10,12-13H,1,5-8H2,2-3H3. The van der Waals surface area contributed by atoms with Crippen molar-refractivity contribution in [3.63, 3.8) is 0 Å². The molecule has 2 unspecified atom stereocenters. The molecule has 0 spiro atoms. The molecule has 2 heteroatoms. The second kappa shape index (κ2) is 5.32. The van der Waals surface area contributed by atoms with E-state index in [-0.39, 0.29) is 12.2 Å². The highest BCUT2D eigenvalue weighted by atomic mass is 16.5. The largest absolute Gasteiger partial charge is 0.393 e. The molecule has 2 atom stereocenters. The topological polar surface area (TPSA) is 29.5 Å². The van der Waals surface area contributed by atoms with Crippen LogP contribution in [0.4, 0.5) is 0 Å². The van der Waals surface area contributed by atoms with Crippen molar-refractivity contribution in [2.45, 2.75) is 44.8 Å². The van der Waals surface area contributed by atoms with Crippen molar-refractivity contribution >= 4 is 0 Å². The molecule has 0 aromatic carbocycles. The molecule has 0 saturated heterocycles. The highest BCUT2D eigenvalue weighted by Crippen LogP contribution is 2.26. The highest BCUT2D eigenvalue weighted by Gasteiger charge is 2.14. The summed E-state index contributed by atoms with van der Waals surface area (Å²) in [5, 5.41) is 9.34. The summed E-state index contributed by atoms with van der Waals surface area (Å²) < 4.78 is 5.20. The van der Waals surface area contributed by atoms with Gasteiger partial charge in [-0.2, -0.15) is 0 Å². The second-order valence-corrected chi connectivity index (χ2v) is 4.01. The van der Waals surface area contributed by atoms with E-state index in [4.69, 9.17) is 4.74 Å². The number of aliphatic hydroxyl groups excluding tert-OH is 1. The molecule has 0 aromatic heterocycles. The fourth-order valence-corrected chi connectivity index (χ4v) is 1.70. The van der Waals surface area contributed by atoms with Gasteiger partial charge in [0.25, 0.3) is 0 Å². The van der Waals surface area contributed by atoms with E-state index in [2.05, 4.69) is 12.7 Å². The summed E-state index contributed by atoms with van der Waals surface area (Å²) in [5.74, 6) is 0. The van der Waals surface area contributed by atoms with Gasteiger partial charge in [0.05, 0.1) is 12.2 Å². The third-order valence-electron chi connectivity index (χ3n) is 2.77. The van der Waals surface area contributed by atoms with Crippen molar-refractivity contribution < 1.29 is 9.84 Å². The summed E-state index contributed by atoms with van der Waals surface area (Å²) >= 11 is 0. The van der Waals surface area contributed by atoms with Gasteiger partial charge in [0.15, 0.2) is 0 Å². The van der Waals surface area contributed by atoms with Crippen molar-refractivity contribution in [1.29, 1.82) is 0 Å². The van der Waals surface area contributed by atoms with E-state index in [1.807, 2.05) is 6.92 Å². The maximum atomic E-state index is 9.34. The summed E-state index contributed by atoms with van der Waals surface area (Å²) in [6.45, 7) is 6.11. The van der Waals surface area contributed by atoms with Crippen molar-refractivity contribution in [1.82, 2.24) is 0 Å². The molecule has 0 heterocycles. The number of hydrogen-bond donors (Lipinski definition) is 1. The molecular weight excluding hydrogens is 176 g/mol. The molecule has 1 rings (SSSR count). The van der Waals surface area contributed by atoms with Crippen LogP contribution >= 0.6 is 0 Å². The third kappa shape index (κ3) is 3.28. The molecule has 1 aliphatic rings. The second-order valence-electron chi connectivity index (χ2n) is 4.01. The Morgan fingerprint density at radius 2 is 2.50 bits per heavy atom. The van der Waals surface area contributed by atoms with Crippen LogP contribution in [0, 0.1) is 0 Å². The zero-order chi connectivity index (χ0) is 10.6. The highest BCUT2D eigenvalue weighted by molar-refractivity contribution is 5.30. The predicted molar refractivity (Wildman–Crippen MR) is 58.2 cm³/mol. The molecular formula is C12H20O2. The van der Waals surface area contributed by atoms with Crippen molar-refractivity contribution in [3.05, 3.63) is 23.8 Å². The van der Waals surface area contributed by atoms with Gasteiger partial charge in [-0.3, -0.25) is 0 Å². The molecule has 0 amide bonds. The van der Waals surface area contributed by atoms with E-state index < -0.39 is 0 Å². The predicted octanol–water partition coefficient (Wildman–Crippen LogP) is 2.44. The molecule has 0 aromatic rings. The number of rotatable bonds is 4. The average molecular weight is 196 g/mol. The monoisotopic (exact) mass is 196 g/mol. The first kappa shape index (κ1) is 11.5. The van der Waals surface area contributed by atoms with Crippen molar-refractivity contribution in [2.75, 3.05) is 7.11 Å². The van der Waals surface area contributed by atoms with Crippen LogP contribution in [0.25, 0.3) is 0 Å². The number of aliphatic hydroxyl groups is 1. The molecule has 1 N–H and O–H groups in total. The Morgan fingerprint density at radius 1 is 1.79 bits per heavy atom. The Morgan fingerprint density at radius 3 is 3.00 bits per heavy atom. The van der Waals surface area contributed by atoms with E-state index in [0.29, 0.717) is 0 Å². The van der Waals surface area contributed by atoms with Crippen molar-refractivity contribution in [2.24, 2.45) is 0 Å². The smallest absolute Gasteiger partial charge is 0.0583 e. The quantitative estimate of drug-likeness (QED) is 0.748. The molecule has 14 heavy (non-hydrogen) atoms. The average Bonchev–Trinajstić information content (AvgIpc) is 2.18. The molecule has 2 nitrogen and oxygen atoms in total. The first-order valence-electron chi connectivity index (χ1n) is 5.21. The van der Waals surface area contributed by atoms with E-state index in [9.17, 15) is 5.11 Å². The van der Waals surface area contributed by atoms with Crippen LogP contribution in [0.3, 0.4) is 0 Å². The van der Waals surface area contributed by atoms with E-state index in [0.717, 1.165) is 31.3 Å². The van der Waals surface area contributed by atoms with Gasteiger partial charge < -0.3 is 9.84 Å². The van der Waals surface area contributed by atoms with Gasteiger partial charge in [-0.05, 0) is 43.8 Å². The van der Waals surface area contributed by atoms with Crippen molar-refractivity contribution in [3.8, 4) is 0 Å². The van der Waals surface area contributed by atoms with Gasteiger partial charge in [0, 0.05) is 7.11 Å². The molecule has 0 bridgehead atoms. The number of methoxy groups -OCH3 is 1. The zero-order valence-corrected chi connectivity index (χ0v) is 9.12. The van der Waals surface area contributed by atoms with Crippen LogP contribution in [-0.4, -0.2) is 24.4 Å². The van der Waals surface area contributed by atoms with Gasteiger partial charge in [-0.15, -0.1) is 0 Å². The fraction of sp³-hybridized carbons (Fsp3) is 0.667. The van der Waals surface area contributed by atoms with Crippen LogP contribution < -0.4 is 0 Å². The molecule has 0 radical (unpaired) electrons. The van der Waals surface area contributed by atoms with Gasteiger partial charge in [-0.1, -0.05) is 12.7 Å². The lowest BCUT2D eigenvalue weighted by Gasteiger charge is -2.20. The summed E-state index contributed by atoms with van der Waals surface area (Å²) in [6, 6.07) is 0. The van der Waals surface area contributed by atoms with E-state index in [1.54, 1.807) is 7.11 Å². The van der Waals surface area contributed by atoms with Crippen LogP contribution in [0.1, 0.15) is 32.6 Å². The van der Waals surface area contributed by atoms with E-state index >= 15 is 0 Å². The summed E-state index contributed by atoms with van der Waals surface area (Å²) in [4.78, 5) is 0. The Hall–Kier alpha value is -0.600. The Labute approximate surface area is 86.3 Å². The third-order valence-corrected chi connectivity index (χ3v) is 2.77. The Kier molecular flexibility index (Phi) is 4.36. The molecule has 0 saturated carbocycles. The van der Waals surface area contributed by atoms with Gasteiger partial charge in [0.1, 0.15) is 0 Å². The first-order chi connectivity index (χ1) is 6.63. The molecule has 0 fully saturated rings. The molecule has 1 aliphatic carbocycles. The lowest BCUT2D eigenvalue weighted by molar-refractivity contribution is 0.119. The minimum absolute atomic E-state index is 0.147. The normalized spacial score (nSPS) is 24.2. The van der Waals surface area contributed by atoms with Gasteiger partial charge >= 0.3 is 0 Å². The lowest BCUT2D eigenvalue weighted by Crippen LogP contribution is -2.13. The summed E-state index contributed by atoms with van der Waals surface area (Å²) in [5.41, 5.74) is 2.46. The maximum Gasteiger partial charge on any atom is 0.0583 e. The number of allylic oxidation sites excluding steroid dienone is 1. The minimum atomic E-state index is -0.147. The van der Waals surface area contributed by atoms with Gasteiger partial charge in [-0.25, -0.2) is 0 Å². The molecule has 0 aliphatic heterocycles. The summed E-state index contributed by atoms with van der Waals surface area (Å²) in [7, 11) is 1.72. The van der Waals surface area contributed by atoms with Gasteiger partial charge in [0.2, 0.25) is 0 Å². The minimum Gasteiger partial charge on any atom is -0.393 e. The Balaban J connectivity index is 2.45. The molecule has 80 valence electrons.